The lowest BCUT2D eigenvalue weighted by Crippen LogP contribution is -2.03. The molecule has 19 heavy (non-hydrogen) atoms. The third kappa shape index (κ3) is 2.78. The van der Waals surface area contributed by atoms with Crippen LogP contribution in [0.5, 0.6) is 0 Å². The highest BCUT2D eigenvalue weighted by molar-refractivity contribution is 5.92. The van der Waals surface area contributed by atoms with Crippen molar-refractivity contribution in [2.75, 3.05) is 0 Å². The molecule has 4 nitrogen and oxygen atoms in total. The number of aromatic carboxylic acids is 1. The maximum atomic E-state index is 11.0. The van der Waals surface area contributed by atoms with Crippen LogP contribution in [0, 0.1) is 0 Å². The Hall–Kier alpha value is -1.84. The van der Waals surface area contributed by atoms with Crippen molar-refractivity contribution < 1.29 is 9.90 Å². The highest BCUT2D eigenvalue weighted by Gasteiger charge is 2.11. The molecule has 0 saturated heterocycles. The van der Waals surface area contributed by atoms with Crippen LogP contribution in [0.2, 0.25) is 0 Å². The standard InChI is InChI=1S/C15H20N2O2/c1-3-5-6-9-17-13-8-7-11(15(18)19)10-12(13)16-14(17)4-2/h7-8,10H,3-6,9H2,1-2H3,(H,18,19). The van der Waals surface area contributed by atoms with Crippen LogP contribution in [0.15, 0.2) is 18.2 Å². The van der Waals surface area contributed by atoms with Gasteiger partial charge in [-0.1, -0.05) is 26.7 Å². The van der Waals surface area contributed by atoms with Crippen LogP contribution in [0.3, 0.4) is 0 Å². The van der Waals surface area contributed by atoms with Gasteiger partial charge in [-0.05, 0) is 24.6 Å². The Morgan fingerprint density at radius 2 is 2.11 bits per heavy atom. The van der Waals surface area contributed by atoms with Gasteiger partial charge in [-0.2, -0.15) is 0 Å². The summed E-state index contributed by atoms with van der Waals surface area (Å²) in [7, 11) is 0. The van der Waals surface area contributed by atoms with Crippen LogP contribution in [-0.4, -0.2) is 20.6 Å². The molecule has 0 amide bonds. The minimum atomic E-state index is -0.902. The zero-order valence-corrected chi connectivity index (χ0v) is 11.5. The van der Waals surface area contributed by atoms with Gasteiger partial charge in [0.15, 0.2) is 0 Å². The molecular formula is C15H20N2O2. The highest BCUT2D eigenvalue weighted by atomic mass is 16.4. The molecule has 0 saturated carbocycles. The summed E-state index contributed by atoms with van der Waals surface area (Å²) in [6, 6.07) is 5.19. The fraction of sp³-hybridized carbons (Fsp3) is 0.467. The van der Waals surface area contributed by atoms with E-state index in [9.17, 15) is 4.79 Å². The first kappa shape index (κ1) is 13.6. The predicted molar refractivity (Wildman–Crippen MR) is 75.6 cm³/mol. The highest BCUT2D eigenvalue weighted by Crippen LogP contribution is 2.19. The average molecular weight is 260 g/mol. The normalized spacial score (nSPS) is 11.1. The molecule has 0 aliphatic heterocycles. The molecule has 0 aliphatic carbocycles. The third-order valence-electron chi connectivity index (χ3n) is 3.38. The first-order valence-corrected chi connectivity index (χ1v) is 6.89. The Bertz CT molecular complexity index is 587. The van der Waals surface area contributed by atoms with E-state index in [1.165, 1.54) is 12.8 Å². The molecule has 0 atom stereocenters. The number of unbranched alkanes of at least 4 members (excludes halogenated alkanes) is 2. The SMILES string of the molecule is CCCCCn1c(CC)nc2cc(C(=O)O)ccc21. The molecule has 0 fully saturated rings. The zero-order chi connectivity index (χ0) is 13.8. The number of carboxylic acids is 1. The molecule has 2 rings (SSSR count). The monoisotopic (exact) mass is 260 g/mol. The Labute approximate surface area is 113 Å². The van der Waals surface area contributed by atoms with E-state index in [4.69, 9.17) is 5.11 Å². The number of imidazole rings is 1. The molecule has 1 aromatic heterocycles. The number of aromatic nitrogens is 2. The summed E-state index contributed by atoms with van der Waals surface area (Å²) in [6.07, 6.45) is 4.39. The molecule has 4 heteroatoms. The van der Waals surface area contributed by atoms with Gasteiger partial charge < -0.3 is 9.67 Å². The van der Waals surface area contributed by atoms with Gasteiger partial charge in [-0.15, -0.1) is 0 Å². The summed E-state index contributed by atoms with van der Waals surface area (Å²) in [4.78, 5) is 15.5. The van der Waals surface area contributed by atoms with Crippen molar-refractivity contribution in [2.45, 2.75) is 46.1 Å². The van der Waals surface area contributed by atoms with Crippen LogP contribution in [0.25, 0.3) is 11.0 Å². The number of aryl methyl sites for hydroxylation is 2. The second-order valence-electron chi connectivity index (χ2n) is 4.75. The van der Waals surface area contributed by atoms with E-state index in [-0.39, 0.29) is 0 Å². The van der Waals surface area contributed by atoms with Crippen molar-refractivity contribution in [1.82, 2.24) is 9.55 Å². The number of benzene rings is 1. The summed E-state index contributed by atoms with van der Waals surface area (Å²) in [5.74, 6) is 0.133. The summed E-state index contributed by atoms with van der Waals surface area (Å²) >= 11 is 0. The number of hydrogen-bond donors (Lipinski definition) is 1. The summed E-state index contributed by atoms with van der Waals surface area (Å²) in [5, 5.41) is 9.02. The summed E-state index contributed by atoms with van der Waals surface area (Å²) in [6.45, 7) is 5.22. The van der Waals surface area contributed by atoms with E-state index in [2.05, 4.69) is 23.4 Å². The molecule has 102 valence electrons. The molecule has 0 bridgehead atoms. The number of carboxylic acid groups (broad SMARTS) is 1. The number of fused-ring (bicyclic) bond motifs is 1. The van der Waals surface area contributed by atoms with Gasteiger partial charge in [-0.25, -0.2) is 9.78 Å². The first-order valence-electron chi connectivity index (χ1n) is 6.89. The van der Waals surface area contributed by atoms with E-state index < -0.39 is 5.97 Å². The fourth-order valence-electron chi connectivity index (χ4n) is 2.35. The molecule has 0 radical (unpaired) electrons. The second-order valence-corrected chi connectivity index (χ2v) is 4.75. The number of carbonyl (C=O) groups is 1. The van der Waals surface area contributed by atoms with Crippen molar-refractivity contribution in [3.8, 4) is 0 Å². The number of hydrogen-bond acceptors (Lipinski definition) is 2. The van der Waals surface area contributed by atoms with Gasteiger partial charge in [0.1, 0.15) is 5.82 Å². The average Bonchev–Trinajstić information content (AvgIpc) is 2.76. The van der Waals surface area contributed by atoms with Gasteiger partial charge in [0.25, 0.3) is 0 Å². The van der Waals surface area contributed by atoms with E-state index in [1.807, 2.05) is 6.07 Å². The Kier molecular flexibility index (Phi) is 4.20. The van der Waals surface area contributed by atoms with Gasteiger partial charge in [0, 0.05) is 13.0 Å². The van der Waals surface area contributed by atoms with Crippen molar-refractivity contribution in [3.63, 3.8) is 0 Å². The summed E-state index contributed by atoms with van der Waals surface area (Å²) < 4.78 is 2.22. The smallest absolute Gasteiger partial charge is 0.335 e. The van der Waals surface area contributed by atoms with Crippen molar-refractivity contribution in [3.05, 3.63) is 29.6 Å². The van der Waals surface area contributed by atoms with Gasteiger partial charge >= 0.3 is 5.97 Å². The maximum Gasteiger partial charge on any atom is 0.335 e. The van der Waals surface area contributed by atoms with E-state index in [0.717, 1.165) is 36.2 Å². The fourth-order valence-corrected chi connectivity index (χ4v) is 2.35. The van der Waals surface area contributed by atoms with Crippen LogP contribution >= 0.6 is 0 Å². The van der Waals surface area contributed by atoms with E-state index in [1.54, 1.807) is 12.1 Å². The molecule has 0 unspecified atom stereocenters. The third-order valence-corrected chi connectivity index (χ3v) is 3.38. The second kappa shape index (κ2) is 5.87. The quantitative estimate of drug-likeness (QED) is 0.809. The minimum absolute atomic E-state index is 0.299. The Morgan fingerprint density at radius 1 is 1.32 bits per heavy atom. The molecular weight excluding hydrogens is 240 g/mol. The van der Waals surface area contributed by atoms with Crippen LogP contribution in [-0.2, 0) is 13.0 Å². The summed E-state index contributed by atoms with van der Waals surface area (Å²) in [5.41, 5.74) is 2.12. The van der Waals surface area contributed by atoms with Gasteiger partial charge in [0.2, 0.25) is 0 Å². The molecule has 0 aliphatic rings. The van der Waals surface area contributed by atoms with E-state index >= 15 is 0 Å². The Balaban J connectivity index is 2.40. The molecule has 1 heterocycles. The molecule has 0 spiro atoms. The number of rotatable bonds is 6. The zero-order valence-electron chi connectivity index (χ0n) is 11.5. The number of nitrogens with zero attached hydrogens (tertiary/aromatic N) is 2. The Morgan fingerprint density at radius 3 is 2.74 bits per heavy atom. The first-order chi connectivity index (χ1) is 9.17. The van der Waals surface area contributed by atoms with Crippen LogP contribution < -0.4 is 0 Å². The van der Waals surface area contributed by atoms with E-state index in [0.29, 0.717) is 5.56 Å². The largest absolute Gasteiger partial charge is 0.478 e. The maximum absolute atomic E-state index is 11.0. The van der Waals surface area contributed by atoms with Crippen LogP contribution in [0.1, 0.15) is 49.3 Å². The molecule has 2 aromatic rings. The van der Waals surface area contributed by atoms with Crippen molar-refractivity contribution in [2.24, 2.45) is 0 Å². The predicted octanol–water partition coefficient (Wildman–Crippen LogP) is 3.49. The minimum Gasteiger partial charge on any atom is -0.478 e. The topological polar surface area (TPSA) is 55.1 Å². The lowest BCUT2D eigenvalue weighted by Gasteiger charge is -2.07. The van der Waals surface area contributed by atoms with Crippen molar-refractivity contribution >= 4 is 17.0 Å². The molecule has 1 aromatic carbocycles. The lowest BCUT2D eigenvalue weighted by molar-refractivity contribution is 0.0697. The van der Waals surface area contributed by atoms with Crippen molar-refractivity contribution in [1.29, 1.82) is 0 Å². The van der Waals surface area contributed by atoms with Crippen LogP contribution in [0.4, 0.5) is 0 Å². The molecule has 1 N–H and O–H groups in total. The van der Waals surface area contributed by atoms with Gasteiger partial charge in [-0.3, -0.25) is 0 Å². The van der Waals surface area contributed by atoms with Gasteiger partial charge in [0.05, 0.1) is 16.6 Å². The lowest BCUT2D eigenvalue weighted by atomic mass is 10.2.